The number of rotatable bonds is 9. The van der Waals surface area contributed by atoms with Gasteiger partial charge in [-0.05, 0) is 54.0 Å². The lowest BCUT2D eigenvalue weighted by atomic mass is 9.81. The highest BCUT2D eigenvalue weighted by atomic mass is 35.5. The molecular formula is C34H44ClF3N4O6S. The second-order valence-electron chi connectivity index (χ2n) is 13.4. The quantitative estimate of drug-likeness (QED) is 0.347. The Morgan fingerprint density at radius 3 is 2.18 bits per heavy atom. The Kier molecular flexibility index (Phi) is 12.8. The summed E-state index contributed by atoms with van der Waals surface area (Å²) in [6.07, 6.45) is -2.20. The van der Waals surface area contributed by atoms with Crippen LogP contribution >= 0.6 is 11.6 Å². The fourth-order valence-corrected chi connectivity index (χ4v) is 8.72. The summed E-state index contributed by atoms with van der Waals surface area (Å²) in [4.78, 5) is 40.4. The number of nitrogens with zero attached hydrogens (tertiary/aromatic N) is 2. The molecule has 270 valence electrons. The molecule has 0 spiro atoms. The maximum absolute atomic E-state index is 13.9. The molecule has 0 aromatic heterocycles. The zero-order chi connectivity index (χ0) is 36.0. The van der Waals surface area contributed by atoms with Crippen molar-refractivity contribution in [2.24, 2.45) is 5.92 Å². The van der Waals surface area contributed by atoms with Gasteiger partial charge >= 0.3 is 12.1 Å². The van der Waals surface area contributed by atoms with Gasteiger partial charge in [0, 0.05) is 62.2 Å². The van der Waals surface area contributed by atoms with Gasteiger partial charge in [0.1, 0.15) is 15.9 Å². The minimum Gasteiger partial charge on any atom is -0.475 e. The molecule has 5 rings (SSSR count). The molecule has 1 unspecified atom stereocenters. The number of carboxylic acid groups (broad SMARTS) is 1. The molecule has 0 saturated carbocycles. The van der Waals surface area contributed by atoms with E-state index in [1.165, 1.54) is 5.56 Å². The highest BCUT2D eigenvalue weighted by molar-refractivity contribution is 7.91. The highest BCUT2D eigenvalue weighted by Gasteiger charge is 2.44. The average molecular weight is 729 g/mol. The maximum Gasteiger partial charge on any atom is 0.490 e. The van der Waals surface area contributed by atoms with Crippen LogP contribution in [0.4, 0.5) is 13.2 Å². The number of hydrogen-bond acceptors (Lipinski definition) is 7. The summed E-state index contributed by atoms with van der Waals surface area (Å²) in [6, 6.07) is 14.8. The van der Waals surface area contributed by atoms with E-state index >= 15 is 0 Å². The van der Waals surface area contributed by atoms with Gasteiger partial charge in [-0.25, -0.2) is 13.2 Å². The van der Waals surface area contributed by atoms with Crippen molar-refractivity contribution in [2.45, 2.75) is 76.3 Å². The number of halogens is 4. The first-order chi connectivity index (χ1) is 23.0. The lowest BCUT2D eigenvalue weighted by Gasteiger charge is -2.50. The van der Waals surface area contributed by atoms with E-state index in [1.807, 2.05) is 29.2 Å². The van der Waals surface area contributed by atoms with E-state index in [2.05, 4.69) is 41.5 Å². The van der Waals surface area contributed by atoms with Crippen LogP contribution in [0.15, 0.2) is 48.5 Å². The molecule has 0 bridgehead atoms. The van der Waals surface area contributed by atoms with Crippen LogP contribution in [0.3, 0.4) is 0 Å². The highest BCUT2D eigenvalue weighted by Crippen LogP contribution is 2.37. The molecule has 2 fully saturated rings. The lowest BCUT2D eigenvalue weighted by Crippen LogP contribution is -2.62. The van der Waals surface area contributed by atoms with Gasteiger partial charge in [-0.3, -0.25) is 14.5 Å². The summed E-state index contributed by atoms with van der Waals surface area (Å²) < 4.78 is 56.2. The van der Waals surface area contributed by atoms with Crippen molar-refractivity contribution in [1.29, 1.82) is 0 Å². The van der Waals surface area contributed by atoms with Crippen molar-refractivity contribution in [3.8, 4) is 0 Å². The molecule has 49 heavy (non-hydrogen) atoms. The third-order valence-corrected chi connectivity index (χ3v) is 11.3. The molecule has 10 nitrogen and oxygen atoms in total. The Labute approximate surface area is 290 Å². The molecule has 3 aliphatic rings. The molecular weight excluding hydrogens is 685 g/mol. The van der Waals surface area contributed by atoms with Crippen molar-refractivity contribution in [1.82, 2.24) is 20.4 Å². The largest absolute Gasteiger partial charge is 0.490 e. The van der Waals surface area contributed by atoms with E-state index in [9.17, 15) is 31.2 Å². The van der Waals surface area contributed by atoms with E-state index < -0.39 is 28.0 Å². The number of carbonyl (C=O) groups excluding carboxylic acids is 2. The fraction of sp³-hybridized carbons (Fsp3) is 0.559. The van der Waals surface area contributed by atoms with Gasteiger partial charge in [-0.1, -0.05) is 61.8 Å². The smallest absolute Gasteiger partial charge is 0.475 e. The number of amides is 2. The number of aliphatic carboxylic acids is 1. The van der Waals surface area contributed by atoms with Gasteiger partial charge in [-0.2, -0.15) is 13.2 Å². The topological polar surface area (TPSA) is 136 Å². The number of carboxylic acids is 1. The number of hydrogen-bond donors (Lipinski definition) is 3. The molecule has 2 aromatic carbocycles. The van der Waals surface area contributed by atoms with E-state index in [4.69, 9.17) is 21.5 Å². The molecule has 0 radical (unpaired) electrons. The molecule has 2 amide bonds. The zero-order valence-corrected chi connectivity index (χ0v) is 29.2. The van der Waals surface area contributed by atoms with E-state index in [0.29, 0.717) is 56.4 Å². The summed E-state index contributed by atoms with van der Waals surface area (Å²) >= 11 is 6.10. The average Bonchev–Trinajstić information content (AvgIpc) is 3.45. The van der Waals surface area contributed by atoms with Gasteiger partial charge in [0.2, 0.25) is 11.8 Å². The predicted octanol–water partition coefficient (Wildman–Crippen LogP) is 4.37. The van der Waals surface area contributed by atoms with Gasteiger partial charge in [-0.15, -0.1) is 0 Å². The molecule has 3 aliphatic heterocycles. The molecule has 3 heterocycles. The minimum atomic E-state index is -5.08. The number of piperazine rings is 1. The normalized spacial score (nSPS) is 20.9. The van der Waals surface area contributed by atoms with Crippen molar-refractivity contribution in [2.75, 3.05) is 37.7 Å². The van der Waals surface area contributed by atoms with Crippen LogP contribution in [0.1, 0.15) is 62.3 Å². The van der Waals surface area contributed by atoms with Crippen molar-refractivity contribution >= 4 is 39.2 Å². The Balaban J connectivity index is 0.000000698. The first-order valence-corrected chi connectivity index (χ1v) is 18.6. The number of benzene rings is 2. The third-order valence-electron chi connectivity index (χ3n) is 9.40. The number of nitrogens with one attached hydrogen (secondary N) is 2. The Bertz CT molecular complexity index is 1570. The number of fused-ring (bicyclic) bond motifs is 1. The minimum absolute atomic E-state index is 0.0764. The standard InChI is InChI=1S/C32H43ClN4O4S.C2HF3O2/c1-23(2)21-32(11-17-42(40,41)18-12-32)37-15-13-36(14-16-37)31(39)29(19-24-7-9-26(33)10-8-24)35-30(38)20-28-27-6-4-3-5-25(27)22-34-28;3-2(4,5)1(6)7/h3-10,23,28-29,34H,11-22H2,1-2H3,(H,35,38);(H,6,7)/t28?,29-;/m1./s1. The van der Waals surface area contributed by atoms with Crippen LogP contribution in [0.2, 0.25) is 5.02 Å². The third kappa shape index (κ3) is 10.6. The fourth-order valence-electron chi connectivity index (χ4n) is 7.00. The number of alkyl halides is 3. The van der Waals surface area contributed by atoms with Crippen LogP contribution in [-0.2, 0) is 37.2 Å². The van der Waals surface area contributed by atoms with Crippen LogP contribution in [-0.4, -0.2) is 96.5 Å². The Hall–Kier alpha value is -3.20. The molecule has 2 aromatic rings. The van der Waals surface area contributed by atoms with E-state index in [0.717, 1.165) is 24.1 Å². The lowest BCUT2D eigenvalue weighted by molar-refractivity contribution is -0.192. The zero-order valence-electron chi connectivity index (χ0n) is 27.6. The molecule has 3 N–H and O–H groups in total. The first-order valence-electron chi connectivity index (χ1n) is 16.4. The Morgan fingerprint density at radius 2 is 1.61 bits per heavy atom. The molecule has 0 aliphatic carbocycles. The van der Waals surface area contributed by atoms with Crippen molar-refractivity contribution in [3.63, 3.8) is 0 Å². The summed E-state index contributed by atoms with van der Waals surface area (Å²) in [6.45, 7) is 7.61. The molecule has 2 atom stereocenters. The number of sulfone groups is 1. The van der Waals surface area contributed by atoms with E-state index in [1.54, 1.807) is 12.1 Å². The van der Waals surface area contributed by atoms with E-state index in [-0.39, 0.29) is 41.3 Å². The molecule has 15 heteroatoms. The summed E-state index contributed by atoms with van der Waals surface area (Å²) in [5.74, 6) is -2.09. The second-order valence-corrected chi connectivity index (χ2v) is 16.1. The van der Waals surface area contributed by atoms with Crippen LogP contribution < -0.4 is 10.6 Å². The molecule has 2 saturated heterocycles. The van der Waals surface area contributed by atoms with Crippen molar-refractivity contribution < 1.29 is 41.1 Å². The maximum atomic E-state index is 13.9. The summed E-state index contributed by atoms with van der Waals surface area (Å²) in [5, 5.41) is 14.2. The second kappa shape index (κ2) is 16.2. The van der Waals surface area contributed by atoms with Gasteiger partial charge in [0.05, 0.1) is 11.5 Å². The number of carbonyl (C=O) groups is 3. The SMILES string of the molecule is CC(C)CC1(N2CCN(C(=O)[C@@H](Cc3ccc(Cl)cc3)NC(=O)CC3NCc4ccccc43)CC2)CCS(=O)(=O)CC1.O=C(O)C(F)(F)F. The summed E-state index contributed by atoms with van der Waals surface area (Å²) in [7, 11) is -2.98. The van der Waals surface area contributed by atoms with Crippen LogP contribution in [0, 0.1) is 5.92 Å². The Morgan fingerprint density at radius 1 is 1.02 bits per heavy atom. The van der Waals surface area contributed by atoms with Crippen LogP contribution in [0.25, 0.3) is 0 Å². The van der Waals surface area contributed by atoms with Crippen molar-refractivity contribution in [3.05, 3.63) is 70.2 Å². The van der Waals surface area contributed by atoms with Crippen LogP contribution in [0.5, 0.6) is 0 Å². The predicted molar refractivity (Wildman–Crippen MR) is 180 cm³/mol. The van der Waals surface area contributed by atoms with Gasteiger partial charge < -0.3 is 20.6 Å². The van der Waals surface area contributed by atoms with Gasteiger partial charge in [0.15, 0.2) is 0 Å². The van der Waals surface area contributed by atoms with Gasteiger partial charge in [0.25, 0.3) is 0 Å². The first kappa shape index (κ1) is 38.6. The summed E-state index contributed by atoms with van der Waals surface area (Å²) in [5.41, 5.74) is 3.12. The monoisotopic (exact) mass is 728 g/mol.